The molecule has 0 aliphatic carbocycles. The topological polar surface area (TPSA) is 72.4 Å². The number of oxazole rings is 1. The average molecular weight is 221 g/mol. The molecule has 1 aromatic carbocycles. The van der Waals surface area contributed by atoms with Gasteiger partial charge in [0.25, 0.3) is 0 Å². The molecule has 0 atom stereocenters. The Morgan fingerprint density at radius 1 is 1.50 bits per heavy atom. The lowest BCUT2D eigenvalue weighted by atomic mass is 10.1. The summed E-state index contributed by atoms with van der Waals surface area (Å²) in [6, 6.07) is 4.96. The first-order valence-electron chi connectivity index (χ1n) is 4.96. The number of rotatable bonds is 3. The molecule has 0 radical (unpaired) electrons. The molecule has 0 spiro atoms. The fourth-order valence-electron chi connectivity index (χ4n) is 1.69. The molecule has 1 aromatic heterocycles. The maximum Gasteiger partial charge on any atom is 0.419 e. The number of aliphatic carboxylic acids is 1. The third-order valence-electron chi connectivity index (χ3n) is 2.40. The van der Waals surface area contributed by atoms with Crippen molar-refractivity contribution < 1.29 is 14.3 Å². The second-order valence-corrected chi connectivity index (χ2v) is 3.48. The van der Waals surface area contributed by atoms with Crippen molar-refractivity contribution in [3.8, 4) is 0 Å². The van der Waals surface area contributed by atoms with Crippen LogP contribution in [0.25, 0.3) is 11.1 Å². The summed E-state index contributed by atoms with van der Waals surface area (Å²) >= 11 is 0. The molecule has 5 heteroatoms. The summed E-state index contributed by atoms with van der Waals surface area (Å²) < 4.78 is 6.48. The first kappa shape index (κ1) is 10.5. The summed E-state index contributed by atoms with van der Waals surface area (Å²) in [6.07, 6.45) is -0.0565. The number of carbonyl (C=O) groups is 1. The Morgan fingerprint density at radius 3 is 2.88 bits per heavy atom. The standard InChI is InChI=1S/C11H11NO4/c1-2-12-8-5-7(6-10(13)14)3-4-9(8)16-11(12)15/h3-5H,2,6H2,1H3,(H,13,14). The summed E-state index contributed by atoms with van der Waals surface area (Å²) in [5.74, 6) is -1.31. The van der Waals surface area contributed by atoms with Crippen LogP contribution in [0.15, 0.2) is 27.4 Å². The van der Waals surface area contributed by atoms with E-state index in [1.54, 1.807) is 18.2 Å². The number of hydrogen-bond donors (Lipinski definition) is 1. The van der Waals surface area contributed by atoms with Crippen LogP contribution in [-0.4, -0.2) is 15.6 Å². The van der Waals surface area contributed by atoms with Gasteiger partial charge in [-0.25, -0.2) is 4.79 Å². The zero-order valence-corrected chi connectivity index (χ0v) is 8.77. The molecule has 0 fully saturated rings. The van der Waals surface area contributed by atoms with E-state index in [1.807, 2.05) is 6.92 Å². The highest BCUT2D eigenvalue weighted by molar-refractivity contribution is 5.77. The molecule has 0 aliphatic heterocycles. The molecule has 0 saturated carbocycles. The van der Waals surface area contributed by atoms with E-state index in [-0.39, 0.29) is 6.42 Å². The molecular weight excluding hydrogens is 210 g/mol. The third-order valence-corrected chi connectivity index (χ3v) is 2.40. The Labute approximate surface area is 90.9 Å². The van der Waals surface area contributed by atoms with Gasteiger partial charge in [0.05, 0.1) is 11.9 Å². The van der Waals surface area contributed by atoms with Gasteiger partial charge in [0.15, 0.2) is 5.58 Å². The quantitative estimate of drug-likeness (QED) is 0.846. The predicted octanol–water partition coefficient (Wildman–Crippen LogP) is 1.24. The van der Waals surface area contributed by atoms with Crippen molar-refractivity contribution >= 4 is 17.1 Å². The molecule has 0 saturated heterocycles. The van der Waals surface area contributed by atoms with Gasteiger partial charge < -0.3 is 9.52 Å². The third kappa shape index (κ3) is 1.71. The summed E-state index contributed by atoms with van der Waals surface area (Å²) in [4.78, 5) is 22.0. The average Bonchev–Trinajstić information content (AvgIpc) is 2.52. The Kier molecular flexibility index (Phi) is 2.52. The molecule has 1 heterocycles. The number of aromatic nitrogens is 1. The Balaban J connectivity index is 2.59. The van der Waals surface area contributed by atoms with E-state index in [2.05, 4.69) is 0 Å². The number of aryl methyl sites for hydroxylation is 1. The number of carboxylic acids is 1. The van der Waals surface area contributed by atoms with E-state index in [1.165, 1.54) is 4.57 Å². The lowest BCUT2D eigenvalue weighted by Crippen LogP contribution is -2.12. The lowest BCUT2D eigenvalue weighted by molar-refractivity contribution is -0.136. The predicted molar refractivity (Wildman–Crippen MR) is 57.5 cm³/mol. The molecule has 0 unspecified atom stereocenters. The van der Waals surface area contributed by atoms with E-state index < -0.39 is 11.7 Å². The van der Waals surface area contributed by atoms with Gasteiger partial charge in [-0.3, -0.25) is 9.36 Å². The Morgan fingerprint density at radius 2 is 2.25 bits per heavy atom. The van der Waals surface area contributed by atoms with Crippen LogP contribution in [-0.2, 0) is 17.8 Å². The first-order valence-corrected chi connectivity index (χ1v) is 4.96. The Hall–Kier alpha value is -2.04. The lowest BCUT2D eigenvalue weighted by Gasteiger charge is -1.99. The van der Waals surface area contributed by atoms with Crippen LogP contribution in [0.3, 0.4) is 0 Å². The van der Waals surface area contributed by atoms with Crippen molar-refractivity contribution in [1.29, 1.82) is 0 Å². The normalized spacial score (nSPS) is 10.8. The van der Waals surface area contributed by atoms with Crippen molar-refractivity contribution in [3.05, 3.63) is 34.3 Å². The van der Waals surface area contributed by atoms with Gasteiger partial charge in [0, 0.05) is 6.54 Å². The molecule has 0 bridgehead atoms. The second-order valence-electron chi connectivity index (χ2n) is 3.48. The van der Waals surface area contributed by atoms with E-state index >= 15 is 0 Å². The fourth-order valence-corrected chi connectivity index (χ4v) is 1.69. The molecule has 1 N–H and O–H groups in total. The minimum atomic E-state index is -0.895. The highest BCUT2D eigenvalue weighted by Crippen LogP contribution is 2.15. The van der Waals surface area contributed by atoms with Gasteiger partial charge in [-0.05, 0) is 24.6 Å². The summed E-state index contributed by atoms with van der Waals surface area (Å²) in [5, 5.41) is 8.68. The first-order chi connectivity index (χ1) is 7.61. The van der Waals surface area contributed by atoms with E-state index in [9.17, 15) is 9.59 Å². The smallest absolute Gasteiger partial charge is 0.419 e. The van der Waals surface area contributed by atoms with Gasteiger partial charge in [-0.1, -0.05) is 6.07 Å². The molecule has 16 heavy (non-hydrogen) atoms. The van der Waals surface area contributed by atoms with Gasteiger partial charge in [0.1, 0.15) is 0 Å². The summed E-state index contributed by atoms with van der Waals surface area (Å²) in [7, 11) is 0. The van der Waals surface area contributed by atoms with Gasteiger partial charge >= 0.3 is 11.7 Å². The minimum absolute atomic E-state index is 0.0565. The molecule has 0 aliphatic rings. The number of fused-ring (bicyclic) bond motifs is 1. The van der Waals surface area contributed by atoms with Crippen molar-refractivity contribution in [2.24, 2.45) is 0 Å². The number of hydrogen-bond acceptors (Lipinski definition) is 3. The summed E-state index contributed by atoms with van der Waals surface area (Å²) in [6.45, 7) is 2.34. The molecular formula is C11H11NO4. The van der Waals surface area contributed by atoms with Crippen molar-refractivity contribution in [2.45, 2.75) is 19.9 Å². The highest BCUT2D eigenvalue weighted by atomic mass is 16.4. The van der Waals surface area contributed by atoms with E-state index in [4.69, 9.17) is 9.52 Å². The number of carboxylic acid groups (broad SMARTS) is 1. The molecule has 2 aromatic rings. The van der Waals surface area contributed by atoms with Crippen molar-refractivity contribution in [2.75, 3.05) is 0 Å². The number of nitrogens with zero attached hydrogens (tertiary/aromatic N) is 1. The monoisotopic (exact) mass is 221 g/mol. The summed E-state index contributed by atoms with van der Waals surface area (Å²) in [5.41, 5.74) is 1.79. The van der Waals surface area contributed by atoms with Crippen LogP contribution < -0.4 is 5.76 Å². The largest absolute Gasteiger partial charge is 0.481 e. The van der Waals surface area contributed by atoms with Gasteiger partial charge in [-0.15, -0.1) is 0 Å². The van der Waals surface area contributed by atoms with Crippen LogP contribution in [0.4, 0.5) is 0 Å². The Bertz CT molecular complexity index is 594. The van der Waals surface area contributed by atoms with E-state index in [0.717, 1.165) is 0 Å². The van der Waals surface area contributed by atoms with Crippen LogP contribution in [0.2, 0.25) is 0 Å². The SMILES string of the molecule is CCn1c(=O)oc2ccc(CC(=O)O)cc21. The zero-order valence-electron chi connectivity index (χ0n) is 8.77. The highest BCUT2D eigenvalue weighted by Gasteiger charge is 2.09. The molecule has 2 rings (SSSR count). The van der Waals surface area contributed by atoms with Crippen LogP contribution >= 0.6 is 0 Å². The number of benzene rings is 1. The maximum atomic E-state index is 11.4. The van der Waals surface area contributed by atoms with Gasteiger partial charge in [0.2, 0.25) is 0 Å². The van der Waals surface area contributed by atoms with Gasteiger partial charge in [-0.2, -0.15) is 0 Å². The van der Waals surface area contributed by atoms with Crippen LogP contribution in [0.1, 0.15) is 12.5 Å². The second kappa shape index (κ2) is 3.84. The van der Waals surface area contributed by atoms with Crippen molar-refractivity contribution in [1.82, 2.24) is 4.57 Å². The van der Waals surface area contributed by atoms with Crippen LogP contribution in [0.5, 0.6) is 0 Å². The minimum Gasteiger partial charge on any atom is -0.481 e. The molecule has 84 valence electrons. The molecule has 0 amide bonds. The fraction of sp³-hybridized carbons (Fsp3) is 0.273. The maximum absolute atomic E-state index is 11.4. The van der Waals surface area contributed by atoms with E-state index in [0.29, 0.717) is 23.2 Å². The van der Waals surface area contributed by atoms with Crippen LogP contribution in [0, 0.1) is 0 Å². The molecule has 5 nitrogen and oxygen atoms in total. The van der Waals surface area contributed by atoms with Crippen molar-refractivity contribution in [3.63, 3.8) is 0 Å². The zero-order chi connectivity index (χ0) is 11.7.